The Morgan fingerprint density at radius 2 is 1.33 bits per heavy atom. The summed E-state index contributed by atoms with van der Waals surface area (Å²) in [6, 6.07) is 6.09. The van der Waals surface area contributed by atoms with Gasteiger partial charge in [0.05, 0.1) is 23.4 Å². The second kappa shape index (κ2) is 31.7. The molecule has 6 nitrogen and oxygen atoms in total. The fourth-order valence-corrected chi connectivity index (χ4v) is 8.60. The van der Waals surface area contributed by atoms with Gasteiger partial charge in [0.2, 0.25) is 0 Å². The molecule has 0 saturated heterocycles. The molecule has 0 amide bonds. The predicted molar refractivity (Wildman–Crippen MR) is 269 cm³/mol. The van der Waals surface area contributed by atoms with Gasteiger partial charge in [0.25, 0.3) is 0 Å². The molecule has 0 N–H and O–H groups in total. The van der Waals surface area contributed by atoms with Crippen molar-refractivity contribution < 1.29 is 28.6 Å². The number of carbonyl (C=O) groups excluding carboxylic acids is 3. The van der Waals surface area contributed by atoms with Crippen molar-refractivity contribution in [3.63, 3.8) is 0 Å². The second-order valence-electron chi connectivity index (χ2n) is 19.3. The van der Waals surface area contributed by atoms with E-state index in [1.54, 1.807) is 0 Å². The first kappa shape index (κ1) is 59.9. The van der Waals surface area contributed by atoms with Gasteiger partial charge < -0.3 is 14.2 Å². The highest BCUT2D eigenvalue weighted by atomic mass is 16.5. The van der Waals surface area contributed by atoms with Crippen LogP contribution in [0.3, 0.4) is 0 Å². The van der Waals surface area contributed by atoms with Gasteiger partial charge in [-0.05, 0) is 151 Å². The Hall–Kier alpha value is -3.15. The van der Waals surface area contributed by atoms with Gasteiger partial charge in [-0.25, -0.2) is 0 Å². The molecule has 5 rings (SSSR count). The minimum Gasteiger partial charge on any atom is -0.465 e. The summed E-state index contributed by atoms with van der Waals surface area (Å²) in [5.74, 6) is 4.32. The Kier molecular flexibility index (Phi) is 30.1. The Morgan fingerprint density at radius 1 is 0.794 bits per heavy atom. The quantitative estimate of drug-likeness (QED) is 0.0881. The zero-order chi connectivity index (χ0) is 48.3. The first-order chi connectivity index (χ1) is 30.0. The monoisotopic (exact) mass is 879 g/mol. The number of ether oxygens (including phenoxy) is 3. The summed E-state index contributed by atoms with van der Waals surface area (Å²) >= 11 is 0. The van der Waals surface area contributed by atoms with Crippen molar-refractivity contribution in [2.75, 3.05) is 6.61 Å². The lowest BCUT2D eigenvalue weighted by molar-refractivity contribution is -0.162. The van der Waals surface area contributed by atoms with Crippen LogP contribution in [0.15, 0.2) is 55.2 Å². The number of allylic oxidation sites excluding steroid dienone is 4. The molecule has 0 radical (unpaired) electrons. The van der Waals surface area contributed by atoms with E-state index in [2.05, 4.69) is 93.7 Å². The van der Waals surface area contributed by atoms with E-state index in [9.17, 15) is 14.4 Å². The van der Waals surface area contributed by atoms with Gasteiger partial charge in [0.15, 0.2) is 0 Å². The predicted octanol–water partition coefficient (Wildman–Crippen LogP) is 16.5. The topological polar surface area (TPSA) is 78.9 Å². The zero-order valence-corrected chi connectivity index (χ0v) is 43.8. The van der Waals surface area contributed by atoms with Crippen molar-refractivity contribution in [3.8, 4) is 5.75 Å². The third-order valence-corrected chi connectivity index (χ3v) is 13.2. The molecule has 0 heterocycles. The van der Waals surface area contributed by atoms with Crippen LogP contribution in [0.25, 0.3) is 0 Å². The summed E-state index contributed by atoms with van der Waals surface area (Å²) in [5.41, 5.74) is 3.04. The maximum Gasteiger partial charge on any atom is 0.317 e. The highest BCUT2D eigenvalue weighted by molar-refractivity contribution is 5.81. The number of carbonyl (C=O) groups is 3. The molecule has 0 aromatic heterocycles. The van der Waals surface area contributed by atoms with E-state index < -0.39 is 0 Å². The highest BCUT2D eigenvalue weighted by Crippen LogP contribution is 2.47. The summed E-state index contributed by atoms with van der Waals surface area (Å²) in [6.07, 6.45) is 21.5. The van der Waals surface area contributed by atoms with Crippen LogP contribution < -0.4 is 4.74 Å². The second-order valence-corrected chi connectivity index (χ2v) is 19.3. The maximum absolute atomic E-state index is 12.5. The van der Waals surface area contributed by atoms with Gasteiger partial charge in [-0.15, -0.1) is 13.2 Å². The van der Waals surface area contributed by atoms with Crippen LogP contribution >= 0.6 is 0 Å². The van der Waals surface area contributed by atoms with Crippen LogP contribution in [0.5, 0.6) is 5.75 Å². The molecular weight excluding hydrogens is 781 g/mol. The minimum absolute atomic E-state index is 0.000137. The number of hydrogen-bond donors (Lipinski definition) is 0. The summed E-state index contributed by atoms with van der Waals surface area (Å²) in [7, 11) is 0. The zero-order valence-electron chi connectivity index (χ0n) is 43.8. The number of rotatable bonds is 17. The molecule has 6 heteroatoms. The smallest absolute Gasteiger partial charge is 0.317 e. The van der Waals surface area contributed by atoms with E-state index in [0.29, 0.717) is 48.5 Å². The number of benzene rings is 1. The first-order valence-electron chi connectivity index (χ1n) is 25.5. The minimum atomic E-state index is -0.320. The molecule has 4 aliphatic carbocycles. The standard InChI is InChI=1S/C18H24O2.C18H30O2.C15H26O2.3C2H6/c1-5-9-18(10-6-11-18)17(19)20-16-12-14(4)7-8-15(16)13(2)3;1-5-11-18(12-7-13-18)17(19)20-14-10-16(4)9-6-8-15(2)3;1-9(2)12-6-5-10(3)7-14(12)17-15(16)13-8-11(13)4;3*1-2/h5,7-8,12-13H,1,6,9-11H2,2-4H3;5,8,16H,1,6-7,9-14H2,2-4H3;9-14H,5-8H2,1-4H3;3*1-2H3/t;;10?,11?,12?,13-,14?;;;/m..1.../s1. The summed E-state index contributed by atoms with van der Waals surface area (Å²) < 4.78 is 17.0. The van der Waals surface area contributed by atoms with Crippen molar-refractivity contribution in [2.45, 2.75) is 219 Å². The fraction of sp³-hybridized carbons (Fsp3) is 0.737. The van der Waals surface area contributed by atoms with Gasteiger partial charge in [-0.3, -0.25) is 14.4 Å². The Bertz CT molecular complexity index is 1490. The van der Waals surface area contributed by atoms with E-state index >= 15 is 0 Å². The Labute approximate surface area is 389 Å². The lowest BCUT2D eigenvalue weighted by atomic mass is 9.66. The van der Waals surface area contributed by atoms with Gasteiger partial charge in [0, 0.05) is 0 Å². The molecule has 362 valence electrons. The molecule has 0 spiro atoms. The molecule has 0 aliphatic heterocycles. The van der Waals surface area contributed by atoms with Crippen molar-refractivity contribution in [3.05, 3.63) is 66.3 Å². The van der Waals surface area contributed by atoms with E-state index in [-0.39, 0.29) is 40.8 Å². The summed E-state index contributed by atoms with van der Waals surface area (Å²) in [6.45, 7) is 41.7. The van der Waals surface area contributed by atoms with E-state index in [4.69, 9.17) is 14.2 Å². The van der Waals surface area contributed by atoms with Crippen LogP contribution in [0.4, 0.5) is 0 Å². The van der Waals surface area contributed by atoms with Crippen molar-refractivity contribution in [1.29, 1.82) is 0 Å². The van der Waals surface area contributed by atoms with Gasteiger partial charge in [0.1, 0.15) is 11.9 Å². The lowest BCUT2D eigenvalue weighted by Gasteiger charge is -2.38. The summed E-state index contributed by atoms with van der Waals surface area (Å²) in [4.78, 5) is 36.6. The maximum atomic E-state index is 12.5. The van der Waals surface area contributed by atoms with Gasteiger partial charge in [-0.1, -0.05) is 145 Å². The normalized spacial score (nSPS) is 22.3. The molecule has 5 unspecified atom stereocenters. The van der Waals surface area contributed by atoms with Crippen molar-refractivity contribution >= 4 is 17.9 Å². The average Bonchev–Trinajstić information content (AvgIpc) is 3.96. The van der Waals surface area contributed by atoms with Crippen LogP contribution in [0.1, 0.15) is 217 Å². The van der Waals surface area contributed by atoms with Gasteiger partial charge >= 0.3 is 17.9 Å². The molecular formula is C57H98O6. The summed E-state index contributed by atoms with van der Waals surface area (Å²) in [5, 5.41) is 0. The van der Waals surface area contributed by atoms with E-state index in [1.165, 1.54) is 24.8 Å². The number of esters is 3. The van der Waals surface area contributed by atoms with Crippen LogP contribution in [-0.2, 0) is 23.9 Å². The van der Waals surface area contributed by atoms with Crippen molar-refractivity contribution in [2.24, 2.45) is 46.3 Å². The number of aryl methyl sites for hydroxylation is 1. The fourth-order valence-electron chi connectivity index (χ4n) is 8.60. The van der Waals surface area contributed by atoms with Crippen LogP contribution in [-0.4, -0.2) is 30.6 Å². The van der Waals surface area contributed by atoms with E-state index in [0.717, 1.165) is 87.5 Å². The van der Waals surface area contributed by atoms with Gasteiger partial charge in [-0.2, -0.15) is 0 Å². The molecule has 0 bridgehead atoms. The van der Waals surface area contributed by atoms with Crippen molar-refractivity contribution in [1.82, 2.24) is 0 Å². The Balaban J connectivity index is 0.000000864. The first-order valence-corrected chi connectivity index (χ1v) is 25.5. The molecule has 4 saturated carbocycles. The SMILES string of the molecule is C=CCC1(C(=O)OCCC(C)CCC=C(C)C)CCC1.C=CCC1(C(=O)Oc2cc(C)ccc2C(C)C)CCC1.CC.CC.CC.CC1CCC(C(C)C)C(OC(=O)[C@@H]2CC2C)C1. The van der Waals surface area contributed by atoms with E-state index in [1.807, 2.05) is 66.7 Å². The van der Waals surface area contributed by atoms with Crippen LogP contribution in [0, 0.1) is 53.3 Å². The molecule has 6 atom stereocenters. The molecule has 4 fully saturated rings. The third-order valence-electron chi connectivity index (χ3n) is 13.2. The number of hydrogen-bond acceptors (Lipinski definition) is 6. The third kappa shape index (κ3) is 20.3. The Morgan fingerprint density at radius 3 is 1.78 bits per heavy atom. The lowest BCUT2D eigenvalue weighted by Crippen LogP contribution is -2.40. The highest BCUT2D eigenvalue weighted by Gasteiger charge is 2.46. The molecule has 1 aromatic rings. The molecule has 4 aliphatic rings. The molecule has 63 heavy (non-hydrogen) atoms. The average molecular weight is 879 g/mol. The molecule has 1 aromatic carbocycles. The van der Waals surface area contributed by atoms with Crippen LogP contribution in [0.2, 0.25) is 0 Å². The largest absolute Gasteiger partial charge is 0.465 e.